The van der Waals surface area contributed by atoms with Gasteiger partial charge in [-0.15, -0.1) is 0 Å². The molecule has 76 heavy (non-hydrogen) atoms. The largest absolute Gasteiger partial charge is 0.756 e. The Bertz CT molecular complexity index is 1380. The molecular weight excluding hydrogens is 966 g/mol. The Hall–Kier alpha value is -1.77. The topological polar surface area (TPSA) is 111 Å². The number of hydrogen-bond donors (Lipinski definition) is 0. The number of carbonyl (C=O) groups excluding carboxylic acids is 2. The molecule has 0 aromatic rings. The molecule has 0 aromatic heterocycles. The molecule has 0 aromatic carbocycles. The van der Waals surface area contributed by atoms with Crippen LogP contribution in [0.1, 0.15) is 322 Å². The molecule has 0 bridgehead atoms. The summed E-state index contributed by atoms with van der Waals surface area (Å²) in [5.41, 5.74) is 0. The lowest BCUT2D eigenvalue weighted by Gasteiger charge is -2.28. The first-order valence-electron chi connectivity index (χ1n) is 32.7. The number of phosphoric acid groups is 1. The fraction of sp³-hybridized carbons (Fsp3) is 0.879. The highest BCUT2D eigenvalue weighted by Gasteiger charge is 2.22. The fourth-order valence-corrected chi connectivity index (χ4v) is 10.3. The van der Waals surface area contributed by atoms with Gasteiger partial charge in [0.2, 0.25) is 0 Å². The van der Waals surface area contributed by atoms with E-state index in [0.29, 0.717) is 17.4 Å². The van der Waals surface area contributed by atoms with E-state index in [0.717, 1.165) is 57.8 Å². The van der Waals surface area contributed by atoms with Crippen molar-refractivity contribution in [2.75, 3.05) is 47.5 Å². The summed E-state index contributed by atoms with van der Waals surface area (Å²) < 4.78 is 34.2. The Labute approximate surface area is 471 Å². The maximum absolute atomic E-state index is 12.8. The third kappa shape index (κ3) is 61.4. The van der Waals surface area contributed by atoms with Crippen molar-refractivity contribution in [3.8, 4) is 0 Å². The van der Waals surface area contributed by atoms with Crippen LogP contribution in [0.2, 0.25) is 0 Å². The number of likely N-dealkylation sites (N-methyl/N-ethyl adjacent to an activating group) is 1. The van der Waals surface area contributed by atoms with Gasteiger partial charge in [-0.2, -0.15) is 0 Å². The first-order valence-corrected chi connectivity index (χ1v) is 34.2. The van der Waals surface area contributed by atoms with Gasteiger partial charge >= 0.3 is 11.9 Å². The standard InChI is InChI=1S/C66H126NO8P/c1-6-8-10-12-14-16-18-20-22-23-24-25-26-27-28-29-30-31-32-33-34-35-36-37-38-39-40-41-42-43-45-46-48-50-52-54-56-58-65(68)72-62-64(63-74-76(70,71)73-61-60-67(3,4)5)75-66(69)59-57-55-53-51-49-47-44-21-19-17-15-13-11-9-7-2/h15,17,21,23-24,44,64H,6-14,16,18-20,22,25-43,45-63H2,1-5H3/b17-15-,24-23-,44-21-. The van der Waals surface area contributed by atoms with E-state index in [-0.39, 0.29) is 32.0 Å². The van der Waals surface area contributed by atoms with Crippen LogP contribution in [0.15, 0.2) is 36.5 Å². The summed E-state index contributed by atoms with van der Waals surface area (Å²) >= 11 is 0. The van der Waals surface area contributed by atoms with Gasteiger partial charge in [0.25, 0.3) is 7.82 Å². The van der Waals surface area contributed by atoms with Gasteiger partial charge in [0.1, 0.15) is 19.8 Å². The van der Waals surface area contributed by atoms with Gasteiger partial charge in [-0.3, -0.25) is 14.2 Å². The molecule has 0 N–H and O–H groups in total. The van der Waals surface area contributed by atoms with Crippen LogP contribution >= 0.6 is 7.82 Å². The molecule has 0 aliphatic heterocycles. The monoisotopic (exact) mass is 1090 g/mol. The highest BCUT2D eigenvalue weighted by molar-refractivity contribution is 7.45. The molecule has 9 nitrogen and oxygen atoms in total. The number of allylic oxidation sites excluding steroid dienone is 6. The number of ether oxygens (including phenoxy) is 2. The number of carbonyl (C=O) groups is 2. The maximum Gasteiger partial charge on any atom is 0.306 e. The number of quaternary nitrogens is 1. The van der Waals surface area contributed by atoms with Gasteiger partial charge in [-0.05, 0) is 70.6 Å². The Morgan fingerprint density at radius 3 is 1.08 bits per heavy atom. The number of hydrogen-bond acceptors (Lipinski definition) is 8. The van der Waals surface area contributed by atoms with Crippen LogP contribution in [0.25, 0.3) is 0 Å². The molecule has 2 atom stereocenters. The minimum absolute atomic E-state index is 0.0321. The van der Waals surface area contributed by atoms with Crippen LogP contribution < -0.4 is 4.89 Å². The minimum Gasteiger partial charge on any atom is -0.756 e. The average molecular weight is 1090 g/mol. The smallest absolute Gasteiger partial charge is 0.306 e. The molecule has 0 amide bonds. The summed E-state index contributed by atoms with van der Waals surface area (Å²) in [5, 5.41) is 0. The van der Waals surface area contributed by atoms with Crippen molar-refractivity contribution in [1.29, 1.82) is 0 Å². The van der Waals surface area contributed by atoms with Gasteiger partial charge in [-0.1, -0.05) is 275 Å². The van der Waals surface area contributed by atoms with Crippen molar-refractivity contribution in [3.05, 3.63) is 36.5 Å². The molecule has 10 heteroatoms. The minimum atomic E-state index is -4.64. The van der Waals surface area contributed by atoms with E-state index in [4.69, 9.17) is 18.5 Å². The zero-order chi connectivity index (χ0) is 55.6. The summed E-state index contributed by atoms with van der Waals surface area (Å²) in [5.74, 6) is -0.836. The van der Waals surface area contributed by atoms with Crippen LogP contribution in [0.4, 0.5) is 0 Å². The average Bonchev–Trinajstić information content (AvgIpc) is 3.38. The van der Waals surface area contributed by atoms with Gasteiger partial charge < -0.3 is 27.9 Å². The van der Waals surface area contributed by atoms with Crippen LogP contribution in [0.3, 0.4) is 0 Å². The van der Waals surface area contributed by atoms with Crippen LogP contribution in [0.5, 0.6) is 0 Å². The Balaban J connectivity index is 3.89. The molecule has 0 radical (unpaired) electrons. The second kappa shape index (κ2) is 57.9. The number of phosphoric ester groups is 1. The second-order valence-electron chi connectivity index (χ2n) is 23.5. The lowest BCUT2D eigenvalue weighted by molar-refractivity contribution is -0.870. The van der Waals surface area contributed by atoms with E-state index >= 15 is 0 Å². The molecule has 0 saturated heterocycles. The van der Waals surface area contributed by atoms with Crippen molar-refractivity contribution in [3.63, 3.8) is 0 Å². The Kier molecular flexibility index (Phi) is 56.6. The van der Waals surface area contributed by atoms with E-state index in [1.807, 2.05) is 21.1 Å². The van der Waals surface area contributed by atoms with Crippen molar-refractivity contribution < 1.29 is 42.1 Å². The van der Waals surface area contributed by atoms with Crippen molar-refractivity contribution in [1.82, 2.24) is 0 Å². The summed E-state index contributed by atoms with van der Waals surface area (Å²) in [7, 11) is 1.17. The predicted molar refractivity (Wildman–Crippen MR) is 324 cm³/mol. The molecule has 2 unspecified atom stereocenters. The molecule has 0 aliphatic carbocycles. The van der Waals surface area contributed by atoms with Crippen molar-refractivity contribution in [2.45, 2.75) is 328 Å². The Morgan fingerprint density at radius 2 is 0.711 bits per heavy atom. The summed E-state index contributed by atoms with van der Waals surface area (Å²) in [4.78, 5) is 37.9. The predicted octanol–water partition coefficient (Wildman–Crippen LogP) is 20.1. The van der Waals surface area contributed by atoms with E-state index in [1.165, 1.54) is 231 Å². The molecule has 0 rings (SSSR count). The van der Waals surface area contributed by atoms with E-state index < -0.39 is 26.5 Å². The second-order valence-corrected chi connectivity index (χ2v) is 24.9. The summed E-state index contributed by atoms with van der Waals surface area (Å²) in [6.45, 7) is 4.23. The zero-order valence-electron chi connectivity index (χ0n) is 51.0. The lowest BCUT2D eigenvalue weighted by Crippen LogP contribution is -2.37. The molecule has 0 fully saturated rings. The normalized spacial score (nSPS) is 13.4. The van der Waals surface area contributed by atoms with Gasteiger partial charge in [0, 0.05) is 12.8 Å². The first-order chi connectivity index (χ1) is 37.0. The van der Waals surface area contributed by atoms with Gasteiger partial charge in [0.15, 0.2) is 6.10 Å². The number of unbranched alkanes of at least 4 members (excludes halogenated alkanes) is 41. The number of nitrogens with zero attached hydrogens (tertiary/aromatic N) is 1. The quantitative estimate of drug-likeness (QED) is 0.0195. The number of rotatable bonds is 61. The van der Waals surface area contributed by atoms with E-state index in [9.17, 15) is 19.0 Å². The molecular formula is C66H126NO8P. The molecule has 448 valence electrons. The Morgan fingerprint density at radius 1 is 0.408 bits per heavy atom. The molecule has 0 spiro atoms. The van der Waals surface area contributed by atoms with E-state index in [1.54, 1.807) is 0 Å². The first kappa shape index (κ1) is 74.2. The van der Waals surface area contributed by atoms with Gasteiger partial charge in [-0.25, -0.2) is 0 Å². The maximum atomic E-state index is 12.8. The molecule has 0 heterocycles. The van der Waals surface area contributed by atoms with Crippen molar-refractivity contribution >= 4 is 19.8 Å². The highest BCUT2D eigenvalue weighted by atomic mass is 31.2. The fourth-order valence-electron chi connectivity index (χ4n) is 9.57. The zero-order valence-corrected chi connectivity index (χ0v) is 51.9. The number of esters is 2. The molecule has 0 saturated carbocycles. The lowest BCUT2D eigenvalue weighted by atomic mass is 10.0. The highest BCUT2D eigenvalue weighted by Crippen LogP contribution is 2.38. The summed E-state index contributed by atoms with van der Waals surface area (Å²) in [6, 6.07) is 0. The molecule has 0 aliphatic rings. The van der Waals surface area contributed by atoms with Crippen molar-refractivity contribution in [2.24, 2.45) is 0 Å². The SMILES string of the molecule is CCCCC/C=C\C/C=C\CCCCCCCC(=O)OC(COC(=O)CCCCCCCCCCCCCCCCCCCCCCCCCCC/C=C\CCCCCCCCCC)COP(=O)([O-])OCC[N+](C)(C)C. The van der Waals surface area contributed by atoms with Crippen LogP contribution in [-0.4, -0.2) is 70.0 Å². The van der Waals surface area contributed by atoms with Crippen LogP contribution in [-0.2, 0) is 32.7 Å². The summed E-state index contributed by atoms with van der Waals surface area (Å²) in [6.07, 6.45) is 72.4. The van der Waals surface area contributed by atoms with Crippen LogP contribution in [0, 0.1) is 0 Å². The van der Waals surface area contributed by atoms with E-state index in [2.05, 4.69) is 50.3 Å². The van der Waals surface area contributed by atoms with Gasteiger partial charge in [0.05, 0.1) is 27.7 Å². The third-order valence-electron chi connectivity index (χ3n) is 14.6. The third-order valence-corrected chi connectivity index (χ3v) is 15.6.